The van der Waals surface area contributed by atoms with Crippen LogP contribution >= 0.6 is 11.6 Å². The van der Waals surface area contributed by atoms with Gasteiger partial charge in [0.25, 0.3) is 5.91 Å². The molecule has 0 N–H and O–H groups in total. The summed E-state index contributed by atoms with van der Waals surface area (Å²) in [5.74, 6) is 0.338. The molecular weight excluding hydrogens is 364 g/mol. The molecule has 1 atom stereocenters. The molecule has 27 heavy (non-hydrogen) atoms. The number of rotatable bonds is 2. The van der Waals surface area contributed by atoms with E-state index in [0.717, 1.165) is 29.9 Å². The van der Waals surface area contributed by atoms with Gasteiger partial charge < -0.3 is 9.47 Å². The molecule has 3 aromatic rings. The number of imide groups is 1. The molecule has 6 nitrogen and oxygen atoms in total. The summed E-state index contributed by atoms with van der Waals surface area (Å²) in [5.41, 5.74) is 2.48. The molecule has 0 saturated carbocycles. The van der Waals surface area contributed by atoms with E-state index in [1.807, 2.05) is 29.2 Å². The lowest BCUT2D eigenvalue weighted by atomic mass is 10.2. The number of halogens is 1. The van der Waals surface area contributed by atoms with Crippen LogP contribution in [0.25, 0.3) is 11.0 Å². The van der Waals surface area contributed by atoms with Crippen LogP contribution in [0, 0.1) is 0 Å². The van der Waals surface area contributed by atoms with Crippen LogP contribution in [0.2, 0.25) is 5.02 Å². The van der Waals surface area contributed by atoms with E-state index in [2.05, 4.69) is 4.57 Å². The molecule has 1 unspecified atom stereocenters. The van der Waals surface area contributed by atoms with Crippen LogP contribution in [0.3, 0.4) is 0 Å². The monoisotopic (exact) mass is 380 g/mol. The van der Waals surface area contributed by atoms with E-state index >= 15 is 0 Å². The van der Waals surface area contributed by atoms with Crippen molar-refractivity contribution in [2.75, 3.05) is 16.3 Å². The highest BCUT2D eigenvalue weighted by atomic mass is 35.5. The summed E-state index contributed by atoms with van der Waals surface area (Å²) in [7, 11) is 0. The maximum atomic E-state index is 13.1. The number of carbonyl (C=O) groups is 2. The lowest BCUT2D eigenvalue weighted by Gasteiger charge is -2.32. The third-order valence-electron chi connectivity index (χ3n) is 5.24. The molecular formula is C20H17ClN4O2. The molecule has 2 amide bonds. The fourth-order valence-electron chi connectivity index (χ4n) is 4.04. The Bertz CT molecular complexity index is 1080. The summed E-state index contributed by atoms with van der Waals surface area (Å²) >= 11 is 6.04. The SMILES string of the molecule is O=C1CC(N2CCCn3c2nc2ccccc23)C(=O)N1c1cccc(Cl)c1. The Kier molecular flexibility index (Phi) is 3.68. The van der Waals surface area contributed by atoms with Crippen LogP contribution in [0.1, 0.15) is 12.8 Å². The van der Waals surface area contributed by atoms with E-state index < -0.39 is 6.04 Å². The maximum Gasteiger partial charge on any atom is 0.257 e. The van der Waals surface area contributed by atoms with E-state index in [0.29, 0.717) is 17.3 Å². The molecule has 0 aliphatic carbocycles. The van der Waals surface area contributed by atoms with E-state index in [9.17, 15) is 9.59 Å². The van der Waals surface area contributed by atoms with Crippen molar-refractivity contribution in [3.05, 3.63) is 53.6 Å². The fraction of sp³-hybridized carbons (Fsp3) is 0.250. The second-order valence-corrected chi connectivity index (χ2v) is 7.30. The standard InChI is InChI=1S/C20H17ClN4O2/c21-13-5-3-6-14(11-13)25-18(26)12-17(19(25)27)24-10-4-9-23-16-8-2-1-7-15(16)22-20(23)24/h1-3,5-8,11,17H,4,9-10,12H2. The van der Waals surface area contributed by atoms with Gasteiger partial charge in [0.05, 0.1) is 23.1 Å². The second kappa shape index (κ2) is 6.09. The van der Waals surface area contributed by atoms with Gasteiger partial charge in [-0.25, -0.2) is 9.88 Å². The summed E-state index contributed by atoms with van der Waals surface area (Å²) in [6.07, 6.45) is 1.05. The number of nitrogens with zero attached hydrogens (tertiary/aromatic N) is 4. The highest BCUT2D eigenvalue weighted by molar-refractivity contribution is 6.31. The Morgan fingerprint density at radius 2 is 1.89 bits per heavy atom. The topological polar surface area (TPSA) is 58.4 Å². The molecule has 1 aromatic heterocycles. The Morgan fingerprint density at radius 1 is 1.04 bits per heavy atom. The molecule has 7 heteroatoms. The van der Waals surface area contributed by atoms with Gasteiger partial charge in [-0.1, -0.05) is 29.8 Å². The number of carbonyl (C=O) groups excluding carboxylic acids is 2. The third-order valence-corrected chi connectivity index (χ3v) is 5.47. The second-order valence-electron chi connectivity index (χ2n) is 6.87. The van der Waals surface area contributed by atoms with Gasteiger partial charge in [-0.2, -0.15) is 0 Å². The van der Waals surface area contributed by atoms with Crippen molar-refractivity contribution in [1.29, 1.82) is 0 Å². The minimum Gasteiger partial charge on any atom is -0.330 e. The number of para-hydroxylation sites is 2. The van der Waals surface area contributed by atoms with E-state index in [-0.39, 0.29) is 18.2 Å². The van der Waals surface area contributed by atoms with Crippen molar-refractivity contribution in [3.63, 3.8) is 0 Å². The molecule has 0 bridgehead atoms. The number of imidazole rings is 1. The fourth-order valence-corrected chi connectivity index (χ4v) is 4.23. The largest absolute Gasteiger partial charge is 0.330 e. The number of anilines is 2. The Labute approximate surface area is 160 Å². The van der Waals surface area contributed by atoms with E-state index in [1.54, 1.807) is 24.3 Å². The summed E-state index contributed by atoms with van der Waals surface area (Å²) in [6, 6.07) is 14.3. The van der Waals surface area contributed by atoms with Crippen LogP contribution in [0.15, 0.2) is 48.5 Å². The van der Waals surface area contributed by atoms with E-state index in [1.165, 1.54) is 4.90 Å². The molecule has 3 heterocycles. The van der Waals surface area contributed by atoms with Crippen molar-refractivity contribution >= 4 is 46.1 Å². The van der Waals surface area contributed by atoms with Gasteiger partial charge in [-0.15, -0.1) is 0 Å². The van der Waals surface area contributed by atoms with E-state index in [4.69, 9.17) is 16.6 Å². The zero-order valence-corrected chi connectivity index (χ0v) is 15.3. The zero-order valence-electron chi connectivity index (χ0n) is 14.5. The Balaban J connectivity index is 1.53. The van der Waals surface area contributed by atoms with Gasteiger partial charge in [-0.05, 0) is 36.8 Å². The van der Waals surface area contributed by atoms with Crippen LogP contribution in [0.5, 0.6) is 0 Å². The molecule has 2 aliphatic rings. The summed E-state index contributed by atoms with van der Waals surface area (Å²) in [4.78, 5) is 33.7. The molecule has 0 radical (unpaired) electrons. The first-order valence-electron chi connectivity index (χ1n) is 8.98. The predicted molar refractivity (Wildman–Crippen MR) is 104 cm³/mol. The average molecular weight is 381 g/mol. The first-order valence-corrected chi connectivity index (χ1v) is 9.35. The third kappa shape index (κ3) is 2.51. The highest BCUT2D eigenvalue weighted by Gasteiger charge is 2.44. The van der Waals surface area contributed by atoms with Crippen LogP contribution < -0.4 is 9.80 Å². The number of aryl methyl sites for hydroxylation is 1. The predicted octanol–water partition coefficient (Wildman–Crippen LogP) is 3.23. The Morgan fingerprint density at radius 3 is 2.74 bits per heavy atom. The van der Waals surface area contributed by atoms with Gasteiger partial charge >= 0.3 is 0 Å². The molecule has 2 aromatic carbocycles. The van der Waals surface area contributed by atoms with Gasteiger partial charge in [0, 0.05) is 18.1 Å². The average Bonchev–Trinajstić information content (AvgIpc) is 3.19. The Hall–Kier alpha value is -2.86. The molecule has 136 valence electrons. The molecule has 5 rings (SSSR count). The van der Waals surface area contributed by atoms with Crippen LogP contribution in [0.4, 0.5) is 11.6 Å². The van der Waals surface area contributed by atoms with Crippen molar-refractivity contribution in [3.8, 4) is 0 Å². The van der Waals surface area contributed by atoms with Crippen molar-refractivity contribution in [2.45, 2.75) is 25.4 Å². The van der Waals surface area contributed by atoms with Gasteiger partial charge in [0.1, 0.15) is 6.04 Å². The first-order chi connectivity index (χ1) is 13.1. The first kappa shape index (κ1) is 16.3. The van der Waals surface area contributed by atoms with Gasteiger partial charge in [0.2, 0.25) is 11.9 Å². The number of benzene rings is 2. The summed E-state index contributed by atoms with van der Waals surface area (Å²) in [5, 5.41) is 0.497. The number of hydrogen-bond acceptors (Lipinski definition) is 4. The molecule has 1 saturated heterocycles. The van der Waals surface area contributed by atoms with Crippen LogP contribution in [-0.2, 0) is 16.1 Å². The lowest BCUT2D eigenvalue weighted by Crippen LogP contribution is -2.46. The quantitative estimate of drug-likeness (QED) is 0.640. The molecule has 1 fully saturated rings. The van der Waals surface area contributed by atoms with Crippen molar-refractivity contribution in [1.82, 2.24) is 9.55 Å². The summed E-state index contributed by atoms with van der Waals surface area (Å²) in [6.45, 7) is 1.57. The maximum absolute atomic E-state index is 13.1. The van der Waals surface area contributed by atoms with Crippen molar-refractivity contribution < 1.29 is 9.59 Å². The number of aromatic nitrogens is 2. The normalized spacial score (nSPS) is 19.8. The smallest absolute Gasteiger partial charge is 0.257 e. The zero-order chi connectivity index (χ0) is 18.5. The minimum atomic E-state index is -0.535. The van der Waals surface area contributed by atoms with Crippen LogP contribution in [-0.4, -0.2) is 34.0 Å². The minimum absolute atomic E-state index is 0.147. The lowest BCUT2D eigenvalue weighted by molar-refractivity contribution is -0.121. The van der Waals surface area contributed by atoms with Crippen molar-refractivity contribution in [2.24, 2.45) is 0 Å². The molecule has 2 aliphatic heterocycles. The van der Waals surface area contributed by atoms with Gasteiger partial charge in [-0.3, -0.25) is 9.59 Å². The summed E-state index contributed by atoms with van der Waals surface area (Å²) < 4.78 is 2.14. The highest BCUT2D eigenvalue weighted by Crippen LogP contribution is 2.33. The number of hydrogen-bond donors (Lipinski definition) is 0. The molecule has 0 spiro atoms. The number of amides is 2. The van der Waals surface area contributed by atoms with Gasteiger partial charge in [0.15, 0.2) is 0 Å². The number of fused-ring (bicyclic) bond motifs is 3.